The van der Waals surface area contributed by atoms with Gasteiger partial charge in [-0.3, -0.25) is 4.79 Å². The summed E-state index contributed by atoms with van der Waals surface area (Å²) in [6.07, 6.45) is 2.30. The zero-order valence-corrected chi connectivity index (χ0v) is 15.5. The molecule has 2 heterocycles. The first-order valence-corrected chi connectivity index (χ1v) is 10.0. The summed E-state index contributed by atoms with van der Waals surface area (Å²) < 4.78 is 33.0. The zero-order valence-electron chi connectivity index (χ0n) is 14.7. The van der Waals surface area contributed by atoms with Gasteiger partial charge < -0.3 is 9.64 Å². The molecule has 0 spiro atoms. The SMILES string of the molecule is CN(C)S(=O)(=O)N1CCC(Oc2cccc(C(=O)N3CCC3)c2)CC1. The summed E-state index contributed by atoms with van der Waals surface area (Å²) in [4.78, 5) is 14.1. The second-order valence-corrected chi connectivity index (χ2v) is 8.82. The molecule has 1 aromatic carbocycles. The van der Waals surface area contributed by atoms with Crippen LogP contribution in [0.15, 0.2) is 24.3 Å². The number of amides is 1. The lowest BCUT2D eigenvalue weighted by Gasteiger charge is -2.33. The Morgan fingerprint density at radius 2 is 1.84 bits per heavy atom. The van der Waals surface area contributed by atoms with Crippen molar-refractivity contribution in [2.75, 3.05) is 40.3 Å². The molecule has 2 fully saturated rings. The summed E-state index contributed by atoms with van der Waals surface area (Å²) in [6.45, 7) is 2.53. The maximum Gasteiger partial charge on any atom is 0.281 e. The number of benzene rings is 1. The Morgan fingerprint density at radius 3 is 2.40 bits per heavy atom. The summed E-state index contributed by atoms with van der Waals surface area (Å²) in [5.74, 6) is 0.712. The first-order valence-electron chi connectivity index (χ1n) is 8.61. The number of carbonyl (C=O) groups excluding carboxylic acids is 1. The number of likely N-dealkylation sites (tertiary alicyclic amines) is 1. The molecule has 1 amide bonds. The van der Waals surface area contributed by atoms with Gasteiger partial charge in [0, 0.05) is 45.8 Å². The Labute approximate surface area is 149 Å². The lowest BCUT2D eigenvalue weighted by Crippen LogP contribution is -2.46. The number of piperidine rings is 1. The van der Waals surface area contributed by atoms with E-state index in [4.69, 9.17) is 4.74 Å². The molecule has 0 unspecified atom stereocenters. The zero-order chi connectivity index (χ0) is 18.0. The van der Waals surface area contributed by atoms with Gasteiger partial charge in [-0.25, -0.2) is 0 Å². The van der Waals surface area contributed by atoms with Crippen LogP contribution >= 0.6 is 0 Å². The molecule has 2 saturated heterocycles. The van der Waals surface area contributed by atoms with E-state index in [-0.39, 0.29) is 12.0 Å². The predicted molar refractivity (Wildman–Crippen MR) is 94.8 cm³/mol. The van der Waals surface area contributed by atoms with Crippen LogP contribution in [-0.2, 0) is 10.2 Å². The van der Waals surface area contributed by atoms with Gasteiger partial charge in [0.05, 0.1) is 0 Å². The van der Waals surface area contributed by atoms with Crippen LogP contribution in [0.3, 0.4) is 0 Å². The quantitative estimate of drug-likeness (QED) is 0.784. The van der Waals surface area contributed by atoms with Crippen LogP contribution in [0, 0.1) is 0 Å². The molecular weight excluding hydrogens is 342 g/mol. The van der Waals surface area contributed by atoms with Crippen molar-refractivity contribution in [3.63, 3.8) is 0 Å². The first-order chi connectivity index (χ1) is 11.9. The summed E-state index contributed by atoms with van der Waals surface area (Å²) in [5, 5.41) is 0. The van der Waals surface area contributed by atoms with Crippen LogP contribution in [0.2, 0.25) is 0 Å². The van der Waals surface area contributed by atoms with Crippen LogP contribution < -0.4 is 4.74 Å². The highest BCUT2D eigenvalue weighted by Gasteiger charge is 2.30. The molecule has 2 aliphatic rings. The Hall–Kier alpha value is -1.64. The molecule has 2 aliphatic heterocycles. The molecule has 0 aromatic heterocycles. The average molecular weight is 367 g/mol. The van der Waals surface area contributed by atoms with Crippen molar-refractivity contribution in [2.24, 2.45) is 0 Å². The second kappa shape index (κ2) is 7.31. The maximum atomic E-state index is 12.3. The Bertz CT molecular complexity index is 723. The van der Waals surface area contributed by atoms with Gasteiger partial charge in [0.25, 0.3) is 16.1 Å². The number of hydrogen-bond donors (Lipinski definition) is 0. The fraction of sp³-hybridized carbons (Fsp3) is 0.588. The summed E-state index contributed by atoms with van der Waals surface area (Å²) in [6, 6.07) is 7.26. The smallest absolute Gasteiger partial charge is 0.281 e. The largest absolute Gasteiger partial charge is 0.490 e. The topological polar surface area (TPSA) is 70.2 Å². The standard InChI is InChI=1S/C17H25N3O4S/c1-18(2)25(22,23)20-11-7-15(8-12-20)24-16-6-3-5-14(13-16)17(21)19-9-4-10-19/h3,5-6,13,15H,4,7-12H2,1-2H3. The lowest BCUT2D eigenvalue weighted by atomic mass is 10.1. The monoisotopic (exact) mass is 367 g/mol. The third-order valence-corrected chi connectivity index (χ3v) is 6.66. The minimum atomic E-state index is -3.36. The van der Waals surface area contributed by atoms with Gasteiger partial charge >= 0.3 is 0 Å². The summed E-state index contributed by atoms with van der Waals surface area (Å²) >= 11 is 0. The van der Waals surface area contributed by atoms with E-state index in [1.807, 2.05) is 17.0 Å². The molecule has 0 saturated carbocycles. The molecule has 0 N–H and O–H groups in total. The molecule has 3 rings (SSSR count). The van der Waals surface area contributed by atoms with E-state index >= 15 is 0 Å². The number of hydrogen-bond acceptors (Lipinski definition) is 4. The van der Waals surface area contributed by atoms with Crippen LogP contribution in [0.4, 0.5) is 0 Å². The van der Waals surface area contributed by atoms with E-state index in [1.54, 1.807) is 26.2 Å². The Balaban J connectivity index is 1.58. The number of nitrogens with zero attached hydrogens (tertiary/aromatic N) is 3. The fourth-order valence-corrected chi connectivity index (χ4v) is 4.14. The molecule has 1 aromatic rings. The van der Waals surface area contributed by atoms with E-state index in [2.05, 4.69) is 0 Å². The van der Waals surface area contributed by atoms with Crippen molar-refractivity contribution < 1.29 is 17.9 Å². The highest BCUT2D eigenvalue weighted by Crippen LogP contribution is 2.23. The van der Waals surface area contributed by atoms with Crippen molar-refractivity contribution in [1.82, 2.24) is 13.5 Å². The first kappa shape index (κ1) is 18.2. The lowest BCUT2D eigenvalue weighted by molar-refractivity contribution is 0.0650. The van der Waals surface area contributed by atoms with Gasteiger partial charge in [-0.1, -0.05) is 6.07 Å². The van der Waals surface area contributed by atoms with Gasteiger partial charge in [-0.2, -0.15) is 17.0 Å². The Kier molecular flexibility index (Phi) is 5.31. The number of rotatable bonds is 5. The molecule has 0 aliphatic carbocycles. The normalized spacial score (nSPS) is 19.7. The van der Waals surface area contributed by atoms with Crippen molar-refractivity contribution in [3.05, 3.63) is 29.8 Å². The van der Waals surface area contributed by atoms with E-state index in [9.17, 15) is 13.2 Å². The molecule has 138 valence electrons. The van der Waals surface area contributed by atoms with E-state index in [0.717, 1.165) is 19.5 Å². The highest BCUT2D eigenvalue weighted by molar-refractivity contribution is 7.86. The van der Waals surface area contributed by atoms with Crippen molar-refractivity contribution in [2.45, 2.75) is 25.4 Å². The van der Waals surface area contributed by atoms with Crippen molar-refractivity contribution >= 4 is 16.1 Å². The van der Waals surface area contributed by atoms with Crippen LogP contribution in [-0.4, -0.2) is 74.2 Å². The number of carbonyl (C=O) groups is 1. The van der Waals surface area contributed by atoms with Gasteiger partial charge in [0.2, 0.25) is 0 Å². The van der Waals surface area contributed by atoms with Crippen LogP contribution in [0.25, 0.3) is 0 Å². The van der Waals surface area contributed by atoms with Crippen molar-refractivity contribution in [1.29, 1.82) is 0 Å². The van der Waals surface area contributed by atoms with Gasteiger partial charge in [0.15, 0.2) is 0 Å². The number of ether oxygens (including phenoxy) is 1. The molecule has 0 atom stereocenters. The van der Waals surface area contributed by atoms with Gasteiger partial charge in [-0.15, -0.1) is 0 Å². The van der Waals surface area contributed by atoms with Crippen LogP contribution in [0.5, 0.6) is 5.75 Å². The maximum absolute atomic E-state index is 12.3. The third-order valence-electron chi connectivity index (χ3n) is 4.72. The fourth-order valence-electron chi connectivity index (χ4n) is 3.01. The van der Waals surface area contributed by atoms with E-state index in [0.29, 0.717) is 37.2 Å². The Morgan fingerprint density at radius 1 is 1.16 bits per heavy atom. The molecule has 0 bridgehead atoms. The summed E-state index contributed by atoms with van der Waals surface area (Å²) in [5.41, 5.74) is 0.643. The van der Waals surface area contributed by atoms with Gasteiger partial charge in [-0.05, 0) is 37.5 Å². The minimum Gasteiger partial charge on any atom is -0.490 e. The molecule has 0 radical (unpaired) electrons. The van der Waals surface area contributed by atoms with E-state index < -0.39 is 10.2 Å². The third kappa shape index (κ3) is 3.96. The molecule has 8 heteroatoms. The molecular formula is C17H25N3O4S. The second-order valence-electron chi connectivity index (χ2n) is 6.68. The minimum absolute atomic E-state index is 0.0389. The molecule has 25 heavy (non-hydrogen) atoms. The van der Waals surface area contributed by atoms with Crippen LogP contribution in [0.1, 0.15) is 29.6 Å². The average Bonchev–Trinajstić information content (AvgIpc) is 2.54. The van der Waals surface area contributed by atoms with Gasteiger partial charge in [0.1, 0.15) is 11.9 Å². The molecule has 7 nitrogen and oxygen atoms in total. The predicted octanol–water partition coefficient (Wildman–Crippen LogP) is 1.18. The summed E-state index contributed by atoms with van der Waals surface area (Å²) in [7, 11) is -0.279. The highest BCUT2D eigenvalue weighted by atomic mass is 32.2. The van der Waals surface area contributed by atoms with E-state index in [1.165, 1.54) is 8.61 Å². The van der Waals surface area contributed by atoms with Crippen molar-refractivity contribution in [3.8, 4) is 5.75 Å².